The maximum Gasteiger partial charge on any atom is 0.237 e. The molecule has 1 aliphatic carbocycles. The molecule has 1 atom stereocenters. The summed E-state index contributed by atoms with van der Waals surface area (Å²) in [6.07, 6.45) is 5.39. The molecule has 0 saturated heterocycles. The summed E-state index contributed by atoms with van der Waals surface area (Å²) in [7, 11) is 0. The van der Waals surface area contributed by atoms with Crippen LogP contribution in [0.15, 0.2) is 0 Å². The van der Waals surface area contributed by atoms with Gasteiger partial charge in [-0.2, -0.15) is 0 Å². The Balaban J connectivity index is 2.44. The van der Waals surface area contributed by atoms with Crippen LogP contribution in [0.25, 0.3) is 0 Å². The SMILES string of the molecule is CC(C)[C@H](N)C(=O)NCC1(CCO)CCCC1. The number of carbonyl (C=O) groups excluding carboxylic acids is 1. The van der Waals surface area contributed by atoms with Gasteiger partial charge in [0.25, 0.3) is 0 Å². The average Bonchev–Trinajstić information content (AvgIpc) is 2.74. The number of aliphatic hydroxyl groups excluding tert-OH is 1. The van der Waals surface area contributed by atoms with E-state index in [2.05, 4.69) is 5.32 Å². The molecule has 4 heteroatoms. The summed E-state index contributed by atoms with van der Waals surface area (Å²) in [4.78, 5) is 11.8. The number of nitrogens with one attached hydrogen (secondary N) is 1. The fraction of sp³-hybridized carbons (Fsp3) is 0.923. The predicted molar refractivity (Wildman–Crippen MR) is 68.4 cm³/mol. The monoisotopic (exact) mass is 242 g/mol. The average molecular weight is 242 g/mol. The normalized spacial score (nSPS) is 20.5. The molecule has 0 bridgehead atoms. The molecule has 0 radical (unpaired) electrons. The number of hydrogen-bond donors (Lipinski definition) is 3. The third kappa shape index (κ3) is 3.96. The van der Waals surface area contributed by atoms with Crippen LogP contribution in [0.2, 0.25) is 0 Å². The Bertz CT molecular complexity index is 248. The van der Waals surface area contributed by atoms with E-state index in [0.717, 1.165) is 19.3 Å². The Morgan fingerprint density at radius 2 is 2.00 bits per heavy atom. The maximum absolute atomic E-state index is 11.8. The molecule has 4 nitrogen and oxygen atoms in total. The second-order valence-corrected chi connectivity index (χ2v) is 5.67. The number of carbonyl (C=O) groups is 1. The standard InChI is InChI=1S/C13H26N2O2/c1-10(2)11(14)12(17)15-9-13(7-8-16)5-3-4-6-13/h10-11,16H,3-9,14H2,1-2H3,(H,15,17)/t11-/m0/s1. The van der Waals surface area contributed by atoms with Gasteiger partial charge in [-0.1, -0.05) is 26.7 Å². The Labute approximate surface area is 104 Å². The first-order valence-corrected chi connectivity index (χ1v) is 6.65. The van der Waals surface area contributed by atoms with E-state index in [1.807, 2.05) is 13.8 Å². The van der Waals surface area contributed by atoms with Crippen molar-refractivity contribution in [1.82, 2.24) is 5.32 Å². The first-order chi connectivity index (χ1) is 8.01. The molecule has 1 fully saturated rings. The Morgan fingerprint density at radius 1 is 1.41 bits per heavy atom. The van der Waals surface area contributed by atoms with Gasteiger partial charge < -0.3 is 16.2 Å². The fourth-order valence-corrected chi connectivity index (χ4v) is 2.57. The maximum atomic E-state index is 11.8. The first kappa shape index (κ1) is 14.5. The van der Waals surface area contributed by atoms with Crippen molar-refractivity contribution in [3.05, 3.63) is 0 Å². The van der Waals surface area contributed by atoms with Crippen LogP contribution in [0.5, 0.6) is 0 Å². The molecular formula is C13H26N2O2. The minimum absolute atomic E-state index is 0.0655. The minimum atomic E-state index is -0.428. The van der Waals surface area contributed by atoms with E-state index in [9.17, 15) is 4.79 Å². The second-order valence-electron chi connectivity index (χ2n) is 5.67. The van der Waals surface area contributed by atoms with Gasteiger partial charge in [0, 0.05) is 13.2 Å². The first-order valence-electron chi connectivity index (χ1n) is 6.65. The van der Waals surface area contributed by atoms with Crippen LogP contribution in [0, 0.1) is 11.3 Å². The topological polar surface area (TPSA) is 75.4 Å². The van der Waals surface area contributed by atoms with Gasteiger partial charge in [-0.3, -0.25) is 4.79 Å². The lowest BCUT2D eigenvalue weighted by Crippen LogP contribution is -2.47. The lowest BCUT2D eigenvalue weighted by Gasteiger charge is -2.29. The van der Waals surface area contributed by atoms with E-state index in [1.165, 1.54) is 12.8 Å². The van der Waals surface area contributed by atoms with Gasteiger partial charge in [0.2, 0.25) is 5.91 Å². The van der Waals surface area contributed by atoms with Gasteiger partial charge in [-0.15, -0.1) is 0 Å². The summed E-state index contributed by atoms with van der Waals surface area (Å²) in [5.74, 6) is 0.0941. The van der Waals surface area contributed by atoms with E-state index in [4.69, 9.17) is 10.8 Å². The Kier molecular flexibility index (Phi) is 5.40. The van der Waals surface area contributed by atoms with Gasteiger partial charge >= 0.3 is 0 Å². The van der Waals surface area contributed by atoms with Crippen molar-refractivity contribution >= 4 is 5.91 Å². The van der Waals surface area contributed by atoms with Gasteiger partial charge in [0.1, 0.15) is 0 Å². The molecule has 0 aliphatic heterocycles. The highest BCUT2D eigenvalue weighted by molar-refractivity contribution is 5.81. The third-order valence-corrected chi connectivity index (χ3v) is 3.96. The third-order valence-electron chi connectivity index (χ3n) is 3.96. The van der Waals surface area contributed by atoms with Crippen molar-refractivity contribution in [1.29, 1.82) is 0 Å². The summed E-state index contributed by atoms with van der Waals surface area (Å²) < 4.78 is 0. The van der Waals surface area contributed by atoms with Crippen molar-refractivity contribution in [2.24, 2.45) is 17.1 Å². The molecule has 4 N–H and O–H groups in total. The highest BCUT2D eigenvalue weighted by Gasteiger charge is 2.34. The molecule has 1 amide bonds. The van der Waals surface area contributed by atoms with Crippen molar-refractivity contribution < 1.29 is 9.90 Å². The summed E-state index contributed by atoms with van der Waals surface area (Å²) in [5.41, 5.74) is 5.91. The highest BCUT2D eigenvalue weighted by Crippen LogP contribution is 2.40. The molecule has 0 aromatic heterocycles. The fourth-order valence-electron chi connectivity index (χ4n) is 2.57. The molecule has 0 aromatic carbocycles. The van der Waals surface area contributed by atoms with Gasteiger partial charge in [-0.05, 0) is 30.6 Å². The highest BCUT2D eigenvalue weighted by atomic mass is 16.3. The van der Waals surface area contributed by atoms with Crippen LogP contribution < -0.4 is 11.1 Å². The zero-order chi connectivity index (χ0) is 12.9. The van der Waals surface area contributed by atoms with Crippen LogP contribution in [-0.4, -0.2) is 30.2 Å². The molecule has 0 unspecified atom stereocenters. The summed E-state index contributed by atoms with van der Waals surface area (Å²) in [6, 6.07) is -0.428. The quantitative estimate of drug-likeness (QED) is 0.651. The number of amides is 1. The predicted octanol–water partition coefficient (Wildman–Crippen LogP) is 1.03. The lowest BCUT2D eigenvalue weighted by atomic mass is 9.83. The van der Waals surface area contributed by atoms with E-state index in [1.54, 1.807) is 0 Å². The number of hydrogen-bond acceptors (Lipinski definition) is 3. The summed E-state index contributed by atoms with van der Waals surface area (Å²) in [6.45, 7) is 4.76. The molecular weight excluding hydrogens is 216 g/mol. The van der Waals surface area contributed by atoms with E-state index in [-0.39, 0.29) is 23.8 Å². The van der Waals surface area contributed by atoms with Crippen molar-refractivity contribution in [3.8, 4) is 0 Å². The zero-order valence-corrected chi connectivity index (χ0v) is 11.0. The Morgan fingerprint density at radius 3 is 2.47 bits per heavy atom. The van der Waals surface area contributed by atoms with Crippen LogP contribution >= 0.6 is 0 Å². The summed E-state index contributed by atoms with van der Waals surface area (Å²) in [5, 5.41) is 12.1. The zero-order valence-electron chi connectivity index (χ0n) is 11.0. The van der Waals surface area contributed by atoms with Crippen molar-refractivity contribution in [3.63, 3.8) is 0 Å². The summed E-state index contributed by atoms with van der Waals surface area (Å²) >= 11 is 0. The van der Waals surface area contributed by atoms with E-state index < -0.39 is 6.04 Å². The van der Waals surface area contributed by atoms with Gasteiger partial charge in [0.05, 0.1) is 6.04 Å². The van der Waals surface area contributed by atoms with Crippen molar-refractivity contribution in [2.45, 2.75) is 52.0 Å². The molecule has 1 rings (SSSR count). The van der Waals surface area contributed by atoms with Crippen LogP contribution in [0.1, 0.15) is 46.0 Å². The smallest absolute Gasteiger partial charge is 0.237 e. The van der Waals surface area contributed by atoms with E-state index in [0.29, 0.717) is 6.54 Å². The van der Waals surface area contributed by atoms with Crippen LogP contribution in [-0.2, 0) is 4.79 Å². The van der Waals surface area contributed by atoms with E-state index >= 15 is 0 Å². The second kappa shape index (κ2) is 6.36. The molecule has 1 aliphatic rings. The molecule has 100 valence electrons. The van der Waals surface area contributed by atoms with Gasteiger partial charge in [0.15, 0.2) is 0 Å². The lowest BCUT2D eigenvalue weighted by molar-refractivity contribution is -0.123. The minimum Gasteiger partial charge on any atom is -0.396 e. The number of aliphatic hydroxyl groups is 1. The van der Waals surface area contributed by atoms with Gasteiger partial charge in [-0.25, -0.2) is 0 Å². The molecule has 17 heavy (non-hydrogen) atoms. The largest absolute Gasteiger partial charge is 0.396 e. The molecule has 1 saturated carbocycles. The van der Waals surface area contributed by atoms with Crippen molar-refractivity contribution in [2.75, 3.05) is 13.2 Å². The molecule has 0 heterocycles. The Hall–Kier alpha value is -0.610. The molecule has 0 aromatic rings. The number of nitrogens with two attached hydrogens (primary N) is 1. The number of rotatable bonds is 6. The molecule has 0 spiro atoms. The van der Waals surface area contributed by atoms with Crippen LogP contribution in [0.3, 0.4) is 0 Å². The van der Waals surface area contributed by atoms with Crippen LogP contribution in [0.4, 0.5) is 0 Å².